The first-order valence-corrected chi connectivity index (χ1v) is 8.13. The van der Waals surface area contributed by atoms with Crippen LogP contribution in [-0.4, -0.2) is 27.1 Å². The number of hydrogen-bond donors (Lipinski definition) is 1. The quantitative estimate of drug-likeness (QED) is 0.796. The van der Waals surface area contributed by atoms with Crippen LogP contribution < -0.4 is 5.76 Å². The summed E-state index contributed by atoms with van der Waals surface area (Å²) in [6.45, 7) is 0.587. The van der Waals surface area contributed by atoms with Crippen molar-refractivity contribution in [1.29, 1.82) is 0 Å². The Morgan fingerprint density at radius 2 is 2.14 bits per heavy atom. The van der Waals surface area contributed by atoms with E-state index in [4.69, 9.17) is 9.52 Å². The number of thioether (sulfide) groups is 1. The molecule has 2 aromatic rings. The molecule has 1 aromatic heterocycles. The summed E-state index contributed by atoms with van der Waals surface area (Å²) >= 11 is 1.72. The first-order valence-electron chi connectivity index (χ1n) is 6.98. The summed E-state index contributed by atoms with van der Waals surface area (Å²) in [6.07, 6.45) is 2.26. The van der Waals surface area contributed by atoms with Gasteiger partial charge in [-0.05, 0) is 36.1 Å². The topological polar surface area (TPSA) is 72.4 Å². The van der Waals surface area contributed by atoms with E-state index in [1.165, 1.54) is 0 Å². The van der Waals surface area contributed by atoms with Gasteiger partial charge >= 0.3 is 11.7 Å². The molecule has 0 spiro atoms. The molecular weight excluding hydrogens is 290 g/mol. The van der Waals surface area contributed by atoms with Crippen molar-refractivity contribution in [3.05, 3.63) is 34.8 Å². The molecule has 5 nitrogen and oxygen atoms in total. The van der Waals surface area contributed by atoms with E-state index in [9.17, 15) is 9.59 Å². The van der Waals surface area contributed by atoms with Gasteiger partial charge in [-0.3, -0.25) is 9.36 Å². The van der Waals surface area contributed by atoms with Crippen LogP contribution in [0.5, 0.6) is 0 Å². The second-order valence-electron chi connectivity index (χ2n) is 5.61. The van der Waals surface area contributed by atoms with Crippen LogP contribution in [-0.2, 0) is 11.3 Å². The number of aryl methyl sites for hydroxylation is 1. The fraction of sp³-hybridized carbons (Fsp3) is 0.467. The smallest absolute Gasteiger partial charge is 0.419 e. The molecule has 1 heterocycles. The largest absolute Gasteiger partial charge is 0.481 e. The summed E-state index contributed by atoms with van der Waals surface area (Å²) in [4.78, 5) is 22.6. The Morgan fingerprint density at radius 1 is 1.38 bits per heavy atom. The van der Waals surface area contributed by atoms with Gasteiger partial charge in [0.25, 0.3) is 0 Å². The first kappa shape index (κ1) is 14.3. The van der Waals surface area contributed by atoms with Crippen LogP contribution >= 0.6 is 11.8 Å². The molecule has 0 unspecified atom stereocenters. The Balaban J connectivity index is 1.57. The number of aliphatic carboxylic acids is 1. The molecule has 3 rings (SSSR count). The summed E-state index contributed by atoms with van der Waals surface area (Å²) < 4.78 is 6.82. The predicted molar refractivity (Wildman–Crippen MR) is 81.7 cm³/mol. The lowest BCUT2D eigenvalue weighted by Gasteiger charge is -2.11. The Kier molecular flexibility index (Phi) is 3.80. The Labute approximate surface area is 125 Å². The van der Waals surface area contributed by atoms with E-state index in [-0.39, 0.29) is 17.6 Å². The number of para-hydroxylation sites is 2. The molecule has 1 aliphatic carbocycles. The number of carbonyl (C=O) groups is 1. The highest BCUT2D eigenvalue weighted by Crippen LogP contribution is 2.50. The van der Waals surface area contributed by atoms with Crippen LogP contribution in [0.3, 0.4) is 0 Å². The number of carboxylic acid groups (broad SMARTS) is 1. The molecule has 1 aliphatic rings. The third-order valence-electron chi connectivity index (χ3n) is 3.92. The van der Waals surface area contributed by atoms with Gasteiger partial charge in [0.05, 0.1) is 11.9 Å². The number of hydrogen-bond acceptors (Lipinski definition) is 4. The van der Waals surface area contributed by atoms with E-state index >= 15 is 0 Å². The predicted octanol–water partition coefficient (Wildman–Crippen LogP) is 2.58. The molecular formula is C15H17NO4S. The fourth-order valence-corrected chi connectivity index (χ4v) is 3.82. The van der Waals surface area contributed by atoms with Gasteiger partial charge < -0.3 is 9.52 Å². The minimum atomic E-state index is -0.717. The number of oxazole rings is 1. The average Bonchev–Trinajstić information content (AvgIpc) is 3.11. The third kappa shape index (κ3) is 3.15. The third-order valence-corrected chi connectivity index (χ3v) is 5.21. The normalized spacial score (nSPS) is 16.2. The molecule has 0 bridgehead atoms. The van der Waals surface area contributed by atoms with Gasteiger partial charge in [0, 0.05) is 12.3 Å². The number of fused-ring (bicyclic) bond motifs is 1. The van der Waals surface area contributed by atoms with E-state index < -0.39 is 5.97 Å². The van der Waals surface area contributed by atoms with Gasteiger partial charge in [-0.1, -0.05) is 12.1 Å². The number of benzene rings is 1. The second kappa shape index (κ2) is 5.60. The number of rotatable bonds is 7. The van der Waals surface area contributed by atoms with Crippen molar-refractivity contribution in [2.45, 2.75) is 25.8 Å². The Bertz CT molecular complexity index is 714. The van der Waals surface area contributed by atoms with Gasteiger partial charge in [0.15, 0.2) is 5.58 Å². The van der Waals surface area contributed by atoms with Gasteiger partial charge in [-0.25, -0.2) is 4.79 Å². The van der Waals surface area contributed by atoms with Gasteiger partial charge in [-0.15, -0.1) is 0 Å². The standard InChI is InChI=1S/C15H17NO4S/c17-13(18)9-15(5-6-15)10-21-8-7-16-11-3-1-2-4-12(11)20-14(16)19/h1-4H,5-10H2,(H,17,18). The number of carboxylic acids is 1. The minimum Gasteiger partial charge on any atom is -0.481 e. The van der Waals surface area contributed by atoms with E-state index in [0.717, 1.165) is 29.9 Å². The molecule has 0 saturated heterocycles. The van der Waals surface area contributed by atoms with Crippen molar-refractivity contribution in [2.24, 2.45) is 5.41 Å². The molecule has 1 fully saturated rings. The van der Waals surface area contributed by atoms with Crippen molar-refractivity contribution in [1.82, 2.24) is 4.57 Å². The van der Waals surface area contributed by atoms with Crippen LogP contribution in [0.2, 0.25) is 0 Å². The molecule has 0 amide bonds. The molecule has 0 radical (unpaired) electrons. The van der Waals surface area contributed by atoms with Crippen molar-refractivity contribution in [3.8, 4) is 0 Å². The molecule has 1 aromatic carbocycles. The zero-order valence-corrected chi connectivity index (χ0v) is 12.4. The average molecular weight is 307 g/mol. The van der Waals surface area contributed by atoms with E-state index in [0.29, 0.717) is 12.1 Å². The van der Waals surface area contributed by atoms with Gasteiger partial charge in [0.2, 0.25) is 0 Å². The van der Waals surface area contributed by atoms with Gasteiger partial charge in [0.1, 0.15) is 0 Å². The molecule has 112 valence electrons. The summed E-state index contributed by atoms with van der Waals surface area (Å²) in [5.74, 6) is 0.586. The maximum Gasteiger partial charge on any atom is 0.419 e. The molecule has 0 aliphatic heterocycles. The fourth-order valence-electron chi connectivity index (χ4n) is 2.54. The second-order valence-corrected chi connectivity index (χ2v) is 6.72. The van der Waals surface area contributed by atoms with Crippen LogP contribution in [0.15, 0.2) is 33.5 Å². The van der Waals surface area contributed by atoms with E-state index in [1.807, 2.05) is 18.2 Å². The van der Waals surface area contributed by atoms with Crippen LogP contribution in [0, 0.1) is 5.41 Å². The van der Waals surface area contributed by atoms with Crippen molar-refractivity contribution >= 4 is 28.8 Å². The molecule has 0 atom stereocenters. The van der Waals surface area contributed by atoms with Crippen LogP contribution in [0.25, 0.3) is 11.1 Å². The van der Waals surface area contributed by atoms with Crippen molar-refractivity contribution in [3.63, 3.8) is 0 Å². The molecule has 21 heavy (non-hydrogen) atoms. The molecule has 6 heteroatoms. The highest BCUT2D eigenvalue weighted by Gasteiger charge is 2.43. The van der Waals surface area contributed by atoms with E-state index in [1.54, 1.807) is 22.4 Å². The van der Waals surface area contributed by atoms with Crippen molar-refractivity contribution in [2.75, 3.05) is 11.5 Å². The zero-order valence-electron chi connectivity index (χ0n) is 11.6. The summed E-state index contributed by atoms with van der Waals surface area (Å²) in [6, 6.07) is 7.38. The zero-order chi connectivity index (χ0) is 14.9. The maximum absolute atomic E-state index is 11.8. The highest BCUT2D eigenvalue weighted by atomic mass is 32.2. The lowest BCUT2D eigenvalue weighted by molar-refractivity contribution is -0.138. The number of nitrogens with zero attached hydrogens (tertiary/aromatic N) is 1. The Morgan fingerprint density at radius 3 is 2.86 bits per heavy atom. The van der Waals surface area contributed by atoms with Gasteiger partial charge in [-0.2, -0.15) is 11.8 Å². The lowest BCUT2D eigenvalue weighted by atomic mass is 10.1. The number of aromatic nitrogens is 1. The highest BCUT2D eigenvalue weighted by molar-refractivity contribution is 7.99. The minimum absolute atomic E-state index is 0.0000739. The first-order chi connectivity index (χ1) is 10.1. The molecule has 1 saturated carbocycles. The van der Waals surface area contributed by atoms with E-state index in [2.05, 4.69) is 0 Å². The summed E-state index contributed by atoms with van der Waals surface area (Å²) in [7, 11) is 0. The lowest BCUT2D eigenvalue weighted by Crippen LogP contribution is -2.16. The summed E-state index contributed by atoms with van der Waals surface area (Å²) in [5.41, 5.74) is 1.42. The monoisotopic (exact) mass is 307 g/mol. The Hall–Kier alpha value is -1.69. The van der Waals surface area contributed by atoms with Crippen LogP contribution in [0.1, 0.15) is 19.3 Å². The summed E-state index contributed by atoms with van der Waals surface area (Å²) in [5, 5.41) is 8.88. The SMILES string of the molecule is O=C(O)CC1(CSCCn2c(=O)oc3ccccc32)CC1. The maximum atomic E-state index is 11.8. The molecule has 1 N–H and O–H groups in total. The van der Waals surface area contributed by atoms with Crippen LogP contribution in [0.4, 0.5) is 0 Å². The van der Waals surface area contributed by atoms with Crippen molar-refractivity contribution < 1.29 is 14.3 Å².